The lowest BCUT2D eigenvalue weighted by molar-refractivity contribution is 0.453. The van der Waals surface area contributed by atoms with Crippen molar-refractivity contribution in [2.24, 2.45) is 12.8 Å². The fourth-order valence-corrected chi connectivity index (χ4v) is 3.03. The number of furan rings is 1. The zero-order valence-electron chi connectivity index (χ0n) is 12.1. The molecule has 0 fully saturated rings. The molecule has 2 atom stereocenters. The topological polar surface area (TPSA) is 107 Å². The van der Waals surface area contributed by atoms with Crippen LogP contribution in [0.25, 0.3) is 0 Å². The maximum absolute atomic E-state index is 11.4. The summed E-state index contributed by atoms with van der Waals surface area (Å²) in [5, 5.41) is 2.62. The molecule has 21 heavy (non-hydrogen) atoms. The van der Waals surface area contributed by atoms with E-state index in [0.29, 0.717) is 5.16 Å². The molecule has 2 heterocycles. The second-order valence-corrected chi connectivity index (χ2v) is 5.87. The van der Waals surface area contributed by atoms with Crippen LogP contribution in [0.1, 0.15) is 30.1 Å². The Morgan fingerprint density at radius 3 is 2.76 bits per heavy atom. The third-order valence-corrected chi connectivity index (χ3v) is 4.49. The van der Waals surface area contributed by atoms with Crippen LogP contribution in [-0.4, -0.2) is 20.8 Å². The van der Waals surface area contributed by atoms with E-state index in [2.05, 4.69) is 10.1 Å². The van der Waals surface area contributed by atoms with E-state index in [9.17, 15) is 9.59 Å². The Morgan fingerprint density at radius 2 is 2.19 bits per heavy atom. The Balaban J connectivity index is 2.38. The zero-order chi connectivity index (χ0) is 15.6. The fourth-order valence-electron chi connectivity index (χ4n) is 1.86. The van der Waals surface area contributed by atoms with E-state index in [1.54, 1.807) is 7.05 Å². The molecule has 0 aliphatic carbocycles. The second-order valence-electron chi connectivity index (χ2n) is 4.76. The summed E-state index contributed by atoms with van der Waals surface area (Å²) in [6.07, 6.45) is 0.745. The van der Waals surface area contributed by atoms with Crippen LogP contribution in [0, 0.1) is 6.92 Å². The van der Waals surface area contributed by atoms with Crippen molar-refractivity contribution in [3.05, 3.63) is 44.4 Å². The van der Waals surface area contributed by atoms with Gasteiger partial charge in [-0.2, -0.15) is 4.98 Å². The van der Waals surface area contributed by atoms with Gasteiger partial charge in [-0.15, -0.1) is 0 Å². The summed E-state index contributed by atoms with van der Waals surface area (Å²) < 4.78 is 7.06. The van der Waals surface area contributed by atoms with Crippen molar-refractivity contribution in [2.75, 3.05) is 0 Å². The molecule has 0 aromatic carbocycles. The van der Waals surface area contributed by atoms with E-state index in [-0.39, 0.29) is 11.3 Å². The largest absolute Gasteiger partial charge is 0.465 e. The van der Waals surface area contributed by atoms with E-state index in [0.717, 1.165) is 17.9 Å². The Morgan fingerprint density at radius 1 is 1.48 bits per heavy atom. The van der Waals surface area contributed by atoms with Crippen LogP contribution in [0.4, 0.5) is 0 Å². The van der Waals surface area contributed by atoms with Crippen molar-refractivity contribution in [3.8, 4) is 0 Å². The van der Waals surface area contributed by atoms with Gasteiger partial charge in [0.25, 0.3) is 0 Å². The summed E-state index contributed by atoms with van der Waals surface area (Å²) >= 11 is 1.30. The number of H-pyrrole nitrogens is 1. The normalized spacial score (nSPS) is 14.1. The number of aryl methyl sites for hydroxylation is 2. The summed E-state index contributed by atoms with van der Waals surface area (Å²) in [5.74, 6) is 1.52. The number of thioether (sulfide) groups is 1. The Kier molecular flexibility index (Phi) is 4.69. The molecule has 3 N–H and O–H groups in total. The molecule has 0 saturated carbocycles. The van der Waals surface area contributed by atoms with Crippen molar-refractivity contribution in [2.45, 2.75) is 36.7 Å². The highest BCUT2D eigenvalue weighted by Gasteiger charge is 2.25. The molecular weight excluding hydrogens is 292 g/mol. The zero-order valence-corrected chi connectivity index (χ0v) is 12.9. The molecule has 7 nitrogen and oxygen atoms in total. The molecule has 2 aromatic rings. The van der Waals surface area contributed by atoms with Crippen LogP contribution in [0.3, 0.4) is 0 Å². The first-order chi connectivity index (χ1) is 9.92. The number of nitrogens with zero attached hydrogens (tertiary/aromatic N) is 2. The number of hydrogen-bond donors (Lipinski definition) is 2. The van der Waals surface area contributed by atoms with Gasteiger partial charge < -0.3 is 10.2 Å². The van der Waals surface area contributed by atoms with Gasteiger partial charge in [0.05, 0.1) is 5.25 Å². The van der Waals surface area contributed by atoms with E-state index in [1.165, 1.54) is 16.4 Å². The first-order valence-electron chi connectivity index (χ1n) is 6.58. The number of hydrogen-bond acceptors (Lipinski definition) is 6. The van der Waals surface area contributed by atoms with E-state index < -0.39 is 11.1 Å². The first kappa shape index (κ1) is 15.6. The Labute approximate surface area is 125 Å². The predicted molar refractivity (Wildman–Crippen MR) is 80.4 cm³/mol. The minimum Gasteiger partial charge on any atom is -0.465 e. The van der Waals surface area contributed by atoms with Gasteiger partial charge in [-0.25, -0.2) is 0 Å². The summed E-state index contributed by atoms with van der Waals surface area (Å²) in [4.78, 5) is 26.4. The van der Waals surface area contributed by atoms with E-state index in [1.807, 2.05) is 26.0 Å². The maximum atomic E-state index is 11.4. The molecule has 0 aliphatic heterocycles. The Hall–Kier alpha value is -1.80. The lowest BCUT2D eigenvalue weighted by atomic mass is 10.1. The van der Waals surface area contributed by atoms with Crippen molar-refractivity contribution in [3.63, 3.8) is 0 Å². The highest BCUT2D eigenvalue weighted by molar-refractivity contribution is 7.99. The molecular formula is C13H18N4O3S. The van der Waals surface area contributed by atoms with Crippen molar-refractivity contribution in [1.82, 2.24) is 14.8 Å². The van der Waals surface area contributed by atoms with Gasteiger partial charge in [0, 0.05) is 13.1 Å². The lowest BCUT2D eigenvalue weighted by Gasteiger charge is -2.20. The number of aromatic nitrogens is 3. The van der Waals surface area contributed by atoms with Crippen LogP contribution < -0.4 is 16.9 Å². The van der Waals surface area contributed by atoms with Crippen LogP contribution in [0.2, 0.25) is 0 Å². The predicted octanol–water partition coefficient (Wildman–Crippen LogP) is 0.941. The van der Waals surface area contributed by atoms with Crippen LogP contribution in [0.15, 0.2) is 31.3 Å². The summed E-state index contributed by atoms with van der Waals surface area (Å²) in [7, 11) is 1.62. The summed E-state index contributed by atoms with van der Waals surface area (Å²) in [6, 6.07) is 3.57. The standard InChI is InChI=1S/C13H18N4O3S/c1-4-8(14)10(9-6-5-7(2)20-9)21-13-15-11(18)12(19)16-17(13)3/h5-6,8,10H,4,14H2,1-3H3,(H,16,19). The number of aromatic amines is 1. The Bertz CT molecular complexity index is 734. The average molecular weight is 310 g/mol. The van der Waals surface area contributed by atoms with Crippen LogP contribution >= 0.6 is 11.8 Å². The van der Waals surface area contributed by atoms with Crippen LogP contribution in [0.5, 0.6) is 0 Å². The minimum absolute atomic E-state index is 0.163. The minimum atomic E-state index is -0.810. The molecule has 0 spiro atoms. The molecule has 2 rings (SSSR count). The maximum Gasteiger partial charge on any atom is 0.339 e. The number of nitrogens with one attached hydrogen (secondary N) is 1. The molecule has 0 aliphatic rings. The monoisotopic (exact) mass is 310 g/mol. The highest BCUT2D eigenvalue weighted by atomic mass is 32.2. The van der Waals surface area contributed by atoms with Gasteiger partial charge in [0.2, 0.25) is 0 Å². The third-order valence-electron chi connectivity index (χ3n) is 3.08. The molecule has 2 unspecified atom stereocenters. The SMILES string of the molecule is CCC(N)C(Sc1nc(=O)c(=O)[nH]n1C)c1ccc(C)o1. The second kappa shape index (κ2) is 6.31. The quantitative estimate of drug-likeness (QED) is 0.629. The number of rotatable bonds is 5. The van der Waals surface area contributed by atoms with E-state index in [4.69, 9.17) is 10.2 Å². The summed E-state index contributed by atoms with van der Waals surface area (Å²) in [6.45, 7) is 3.84. The van der Waals surface area contributed by atoms with Crippen molar-refractivity contribution < 1.29 is 4.42 Å². The number of nitrogens with two attached hydrogens (primary N) is 1. The molecule has 0 amide bonds. The van der Waals surface area contributed by atoms with Crippen LogP contribution in [-0.2, 0) is 7.05 Å². The highest BCUT2D eigenvalue weighted by Crippen LogP contribution is 2.37. The molecule has 0 radical (unpaired) electrons. The average Bonchev–Trinajstić information content (AvgIpc) is 2.87. The third kappa shape index (κ3) is 3.45. The van der Waals surface area contributed by atoms with Gasteiger partial charge in [0.15, 0.2) is 5.16 Å². The van der Waals surface area contributed by atoms with Gasteiger partial charge >= 0.3 is 11.1 Å². The fraction of sp³-hybridized carbons (Fsp3) is 0.462. The van der Waals surface area contributed by atoms with Crippen molar-refractivity contribution >= 4 is 11.8 Å². The van der Waals surface area contributed by atoms with E-state index >= 15 is 0 Å². The lowest BCUT2D eigenvalue weighted by Crippen LogP contribution is -2.34. The van der Waals surface area contributed by atoms with Crippen molar-refractivity contribution in [1.29, 1.82) is 0 Å². The first-order valence-corrected chi connectivity index (χ1v) is 7.46. The molecule has 114 valence electrons. The summed E-state index contributed by atoms with van der Waals surface area (Å²) in [5.41, 5.74) is 4.60. The van der Waals surface area contributed by atoms with Gasteiger partial charge in [-0.3, -0.25) is 19.4 Å². The molecule has 8 heteroatoms. The molecule has 0 saturated heterocycles. The van der Waals surface area contributed by atoms with Gasteiger partial charge in [-0.1, -0.05) is 18.7 Å². The smallest absolute Gasteiger partial charge is 0.339 e. The van der Waals surface area contributed by atoms with Gasteiger partial charge in [-0.05, 0) is 25.5 Å². The van der Waals surface area contributed by atoms with Gasteiger partial charge in [0.1, 0.15) is 11.5 Å². The molecule has 2 aromatic heterocycles. The molecule has 0 bridgehead atoms.